The lowest BCUT2D eigenvalue weighted by Gasteiger charge is -2.23. The van der Waals surface area contributed by atoms with Crippen molar-refractivity contribution >= 4 is 23.5 Å². The van der Waals surface area contributed by atoms with Crippen LogP contribution < -0.4 is 5.32 Å². The van der Waals surface area contributed by atoms with E-state index < -0.39 is 0 Å². The van der Waals surface area contributed by atoms with E-state index in [-0.39, 0.29) is 47.6 Å². The summed E-state index contributed by atoms with van der Waals surface area (Å²) in [6.45, 7) is 2.52. The topological polar surface area (TPSA) is 81.7 Å². The largest absolute Gasteiger partial charge is 0.462 e. The molecular formula is C21H25NO5. The monoisotopic (exact) mass is 371 g/mol. The zero-order valence-electron chi connectivity index (χ0n) is 15.5. The predicted molar refractivity (Wildman–Crippen MR) is 98.0 cm³/mol. The van der Waals surface area contributed by atoms with Crippen LogP contribution in [0.2, 0.25) is 0 Å². The zero-order chi connectivity index (χ0) is 19.0. The van der Waals surface area contributed by atoms with Gasteiger partial charge in [-0.25, -0.2) is 4.79 Å². The van der Waals surface area contributed by atoms with Gasteiger partial charge in [0.15, 0.2) is 0 Å². The van der Waals surface area contributed by atoms with Crippen molar-refractivity contribution in [2.24, 2.45) is 23.7 Å². The van der Waals surface area contributed by atoms with Gasteiger partial charge < -0.3 is 14.8 Å². The predicted octanol–water partition coefficient (Wildman–Crippen LogP) is 3.17. The van der Waals surface area contributed by atoms with Crippen LogP contribution in [-0.2, 0) is 19.1 Å². The molecule has 2 aliphatic carbocycles. The number of fused-ring (bicyclic) bond motifs is 1. The molecule has 1 aromatic rings. The van der Waals surface area contributed by atoms with Crippen molar-refractivity contribution in [3.63, 3.8) is 0 Å². The average Bonchev–Trinajstić information content (AvgIpc) is 3.28. The minimum Gasteiger partial charge on any atom is -0.462 e. The van der Waals surface area contributed by atoms with Gasteiger partial charge in [-0.15, -0.1) is 0 Å². The van der Waals surface area contributed by atoms with E-state index >= 15 is 0 Å². The van der Waals surface area contributed by atoms with Gasteiger partial charge in [-0.2, -0.15) is 0 Å². The minimum atomic E-state index is -0.350. The highest BCUT2D eigenvalue weighted by molar-refractivity contribution is 5.97. The number of unbranched alkanes of at least 4 members (excludes halogenated alkanes) is 2. The van der Waals surface area contributed by atoms with Gasteiger partial charge in [-0.1, -0.05) is 19.8 Å². The highest BCUT2D eigenvalue weighted by Crippen LogP contribution is 2.57. The third-order valence-electron chi connectivity index (χ3n) is 6.16. The number of rotatable bonds is 7. The van der Waals surface area contributed by atoms with Crippen molar-refractivity contribution < 1.29 is 23.9 Å². The Balaban J connectivity index is 1.34. The normalized spacial score (nSPS) is 30.3. The molecule has 0 spiro atoms. The van der Waals surface area contributed by atoms with Crippen LogP contribution in [0.1, 0.15) is 49.4 Å². The first-order valence-corrected chi connectivity index (χ1v) is 9.87. The number of carbonyl (C=O) groups excluding carboxylic acids is 3. The highest BCUT2D eigenvalue weighted by atomic mass is 16.6. The van der Waals surface area contributed by atoms with Crippen molar-refractivity contribution in [3.8, 4) is 0 Å². The molecule has 144 valence electrons. The molecule has 27 heavy (non-hydrogen) atoms. The summed E-state index contributed by atoms with van der Waals surface area (Å²) in [6, 6.07) is 6.70. The van der Waals surface area contributed by atoms with E-state index in [1.54, 1.807) is 24.3 Å². The van der Waals surface area contributed by atoms with Crippen LogP contribution in [0.4, 0.5) is 5.69 Å². The van der Waals surface area contributed by atoms with Crippen molar-refractivity contribution in [1.82, 2.24) is 0 Å². The molecule has 2 bridgehead atoms. The summed E-state index contributed by atoms with van der Waals surface area (Å²) in [5.41, 5.74) is 1.08. The lowest BCUT2D eigenvalue weighted by molar-refractivity contribution is -0.145. The van der Waals surface area contributed by atoms with E-state index in [0.717, 1.165) is 32.1 Å². The summed E-state index contributed by atoms with van der Waals surface area (Å²) in [5.74, 6) is -0.838. The van der Waals surface area contributed by atoms with Crippen LogP contribution in [0.15, 0.2) is 24.3 Å². The molecule has 0 radical (unpaired) electrons. The van der Waals surface area contributed by atoms with Gasteiger partial charge >= 0.3 is 11.9 Å². The number of anilines is 1. The van der Waals surface area contributed by atoms with Gasteiger partial charge in [0.05, 0.1) is 24.0 Å². The molecule has 1 heterocycles. The van der Waals surface area contributed by atoms with E-state index in [2.05, 4.69) is 12.2 Å². The Morgan fingerprint density at radius 2 is 1.96 bits per heavy atom. The number of nitrogens with one attached hydrogen (secondary N) is 1. The maximum Gasteiger partial charge on any atom is 0.338 e. The van der Waals surface area contributed by atoms with Crippen LogP contribution in [-0.4, -0.2) is 30.6 Å². The lowest BCUT2D eigenvalue weighted by Crippen LogP contribution is -2.35. The first-order chi connectivity index (χ1) is 13.1. The summed E-state index contributed by atoms with van der Waals surface area (Å²) in [5, 5.41) is 2.90. The Hall–Kier alpha value is -2.37. The molecule has 1 amide bonds. The SMILES string of the molecule is CCCCCOC(=O)c1ccc(NC(=O)[C@@H]2[C@@H]3C[C@@H]4[C@H]2C(=O)O[C@H]4C3)cc1. The maximum atomic E-state index is 12.7. The van der Waals surface area contributed by atoms with Crippen molar-refractivity contribution in [2.45, 2.75) is 45.1 Å². The van der Waals surface area contributed by atoms with Gasteiger partial charge in [-0.3, -0.25) is 9.59 Å². The molecule has 2 saturated carbocycles. The molecule has 3 fully saturated rings. The molecule has 3 aliphatic rings. The molecular weight excluding hydrogens is 346 g/mol. The van der Waals surface area contributed by atoms with Crippen molar-refractivity contribution in [3.05, 3.63) is 29.8 Å². The molecule has 4 rings (SSSR count). The fourth-order valence-electron chi connectivity index (χ4n) is 4.88. The summed E-state index contributed by atoms with van der Waals surface area (Å²) in [7, 11) is 0. The van der Waals surface area contributed by atoms with Crippen LogP contribution in [0.5, 0.6) is 0 Å². The fourth-order valence-corrected chi connectivity index (χ4v) is 4.88. The van der Waals surface area contributed by atoms with Crippen LogP contribution in [0.25, 0.3) is 0 Å². The lowest BCUT2D eigenvalue weighted by atomic mass is 9.79. The van der Waals surface area contributed by atoms with Crippen LogP contribution in [0, 0.1) is 23.7 Å². The molecule has 6 heteroatoms. The van der Waals surface area contributed by atoms with E-state index in [0.29, 0.717) is 17.9 Å². The number of ether oxygens (including phenoxy) is 2. The molecule has 1 saturated heterocycles. The van der Waals surface area contributed by atoms with Crippen molar-refractivity contribution in [1.29, 1.82) is 0 Å². The Kier molecular flexibility index (Phi) is 4.89. The van der Waals surface area contributed by atoms with E-state index in [4.69, 9.17) is 9.47 Å². The minimum absolute atomic E-state index is 0.0270. The number of hydrogen-bond acceptors (Lipinski definition) is 5. The smallest absolute Gasteiger partial charge is 0.338 e. The second-order valence-electron chi connectivity index (χ2n) is 7.83. The van der Waals surface area contributed by atoms with Gasteiger partial charge in [0.25, 0.3) is 0 Å². The van der Waals surface area contributed by atoms with E-state index in [1.165, 1.54) is 0 Å². The third kappa shape index (κ3) is 3.33. The van der Waals surface area contributed by atoms with Gasteiger partial charge in [0.2, 0.25) is 5.91 Å². The first kappa shape index (κ1) is 18.0. The second-order valence-corrected chi connectivity index (χ2v) is 7.83. The van der Waals surface area contributed by atoms with Gasteiger partial charge in [0.1, 0.15) is 6.10 Å². The molecule has 1 aliphatic heterocycles. The number of esters is 2. The van der Waals surface area contributed by atoms with Gasteiger partial charge in [0, 0.05) is 11.6 Å². The Labute approximate surface area is 158 Å². The number of amides is 1. The first-order valence-electron chi connectivity index (χ1n) is 9.87. The quantitative estimate of drug-likeness (QED) is 0.588. The molecule has 1 aromatic carbocycles. The molecule has 5 atom stereocenters. The molecule has 0 aromatic heterocycles. The number of benzene rings is 1. The maximum absolute atomic E-state index is 12.7. The summed E-state index contributed by atoms with van der Waals surface area (Å²) >= 11 is 0. The Morgan fingerprint density at radius 1 is 1.19 bits per heavy atom. The summed E-state index contributed by atoms with van der Waals surface area (Å²) in [4.78, 5) is 36.8. The standard InChI is InChI=1S/C21H25NO5/c1-2-3-4-9-26-20(24)12-5-7-14(8-6-12)22-19(23)17-13-10-15-16(11-13)27-21(25)18(15)17/h5-8,13,15-18H,2-4,9-11H2,1H3,(H,22,23)/t13-,15+,16+,17-,18-/m1/s1. The van der Waals surface area contributed by atoms with Gasteiger partial charge in [-0.05, 0) is 49.4 Å². The Bertz CT molecular complexity index is 741. The van der Waals surface area contributed by atoms with Crippen molar-refractivity contribution in [2.75, 3.05) is 11.9 Å². The average molecular weight is 371 g/mol. The fraction of sp³-hybridized carbons (Fsp3) is 0.571. The van der Waals surface area contributed by atoms with Crippen LogP contribution in [0.3, 0.4) is 0 Å². The summed E-state index contributed by atoms with van der Waals surface area (Å²) < 4.78 is 10.6. The molecule has 1 N–H and O–H groups in total. The third-order valence-corrected chi connectivity index (χ3v) is 6.16. The summed E-state index contributed by atoms with van der Waals surface area (Å²) in [6.07, 6.45) is 4.71. The van der Waals surface area contributed by atoms with E-state index in [9.17, 15) is 14.4 Å². The van der Waals surface area contributed by atoms with E-state index in [1.807, 2.05) is 0 Å². The molecule has 0 unspecified atom stereocenters. The zero-order valence-corrected chi connectivity index (χ0v) is 15.5. The highest BCUT2D eigenvalue weighted by Gasteiger charge is 2.63. The second kappa shape index (κ2) is 7.33. The Morgan fingerprint density at radius 3 is 2.70 bits per heavy atom. The number of hydrogen-bond donors (Lipinski definition) is 1. The van der Waals surface area contributed by atoms with Crippen LogP contribution >= 0.6 is 0 Å². The number of carbonyl (C=O) groups is 3. The molecule has 6 nitrogen and oxygen atoms in total.